The first kappa shape index (κ1) is 12.8. The van der Waals surface area contributed by atoms with Gasteiger partial charge in [-0.2, -0.15) is 18.4 Å². The number of fused-ring (bicyclic) bond motifs is 1. The Bertz CT molecular complexity index is 504. The molecule has 6 heteroatoms. The molecular formula is C12H10F4N2. The molecule has 1 aliphatic carbocycles. The van der Waals surface area contributed by atoms with Gasteiger partial charge in [0.2, 0.25) is 0 Å². The van der Waals surface area contributed by atoms with E-state index in [-0.39, 0.29) is 12.8 Å². The number of hydrogen-bond acceptors (Lipinski definition) is 2. The van der Waals surface area contributed by atoms with Gasteiger partial charge in [-0.05, 0) is 30.0 Å². The van der Waals surface area contributed by atoms with E-state index in [2.05, 4.69) is 5.32 Å². The number of nitrogens with zero attached hydrogens (tertiary/aromatic N) is 1. The summed E-state index contributed by atoms with van der Waals surface area (Å²) in [6, 6.07) is 6.00. The standard InChI is InChI=1S/C12H10F4N2/c13-10-3-1-2-9-8(10)4-5-11(9,6-17)18-7-12(14,15)16/h1-3,18H,4-5,7H2. The summed E-state index contributed by atoms with van der Waals surface area (Å²) in [5.74, 6) is -0.474. The van der Waals surface area contributed by atoms with Crippen molar-refractivity contribution in [2.75, 3.05) is 6.54 Å². The molecule has 1 aromatic carbocycles. The molecule has 0 amide bonds. The van der Waals surface area contributed by atoms with E-state index in [1.165, 1.54) is 18.2 Å². The highest BCUT2D eigenvalue weighted by atomic mass is 19.4. The molecule has 1 aliphatic rings. The molecule has 0 bridgehead atoms. The summed E-state index contributed by atoms with van der Waals surface area (Å²) in [6.07, 6.45) is -3.99. The van der Waals surface area contributed by atoms with Gasteiger partial charge >= 0.3 is 6.18 Å². The van der Waals surface area contributed by atoms with Crippen LogP contribution < -0.4 is 5.32 Å². The Morgan fingerprint density at radius 2 is 2.11 bits per heavy atom. The molecule has 0 saturated carbocycles. The van der Waals surface area contributed by atoms with E-state index in [4.69, 9.17) is 5.26 Å². The van der Waals surface area contributed by atoms with Gasteiger partial charge in [-0.3, -0.25) is 5.32 Å². The molecule has 18 heavy (non-hydrogen) atoms. The monoisotopic (exact) mass is 258 g/mol. The van der Waals surface area contributed by atoms with E-state index in [1.54, 1.807) is 0 Å². The van der Waals surface area contributed by atoms with Crippen LogP contribution in [0.1, 0.15) is 17.5 Å². The molecule has 2 nitrogen and oxygen atoms in total. The maximum Gasteiger partial charge on any atom is 0.401 e. The predicted octanol–water partition coefficient (Wildman–Crippen LogP) is 2.64. The molecule has 1 aromatic rings. The van der Waals surface area contributed by atoms with E-state index in [0.29, 0.717) is 11.1 Å². The quantitative estimate of drug-likeness (QED) is 0.828. The lowest BCUT2D eigenvalue weighted by atomic mass is 9.93. The van der Waals surface area contributed by atoms with Crippen LogP contribution in [0.5, 0.6) is 0 Å². The maximum absolute atomic E-state index is 13.5. The first-order valence-electron chi connectivity index (χ1n) is 5.39. The van der Waals surface area contributed by atoms with Crippen molar-refractivity contribution >= 4 is 0 Å². The summed E-state index contributed by atoms with van der Waals surface area (Å²) in [4.78, 5) is 0. The zero-order valence-electron chi connectivity index (χ0n) is 9.31. The molecular weight excluding hydrogens is 248 g/mol. The molecule has 1 unspecified atom stereocenters. The van der Waals surface area contributed by atoms with Crippen LogP contribution in [-0.4, -0.2) is 12.7 Å². The first-order valence-corrected chi connectivity index (χ1v) is 5.39. The maximum atomic E-state index is 13.5. The number of hydrogen-bond donors (Lipinski definition) is 1. The minimum Gasteiger partial charge on any atom is -0.287 e. The van der Waals surface area contributed by atoms with Gasteiger partial charge in [-0.25, -0.2) is 4.39 Å². The molecule has 0 aliphatic heterocycles. The molecule has 0 aromatic heterocycles. The van der Waals surface area contributed by atoms with Crippen molar-refractivity contribution in [3.05, 3.63) is 35.1 Å². The molecule has 96 valence electrons. The summed E-state index contributed by atoms with van der Waals surface area (Å²) in [5.41, 5.74) is -0.796. The zero-order chi connectivity index (χ0) is 13.4. The van der Waals surface area contributed by atoms with Crippen LogP contribution >= 0.6 is 0 Å². The molecule has 0 saturated heterocycles. The number of nitriles is 1. The minimum absolute atomic E-state index is 0.149. The average Bonchev–Trinajstić information content (AvgIpc) is 2.67. The third kappa shape index (κ3) is 2.18. The number of benzene rings is 1. The van der Waals surface area contributed by atoms with Gasteiger partial charge in [-0.15, -0.1) is 0 Å². The highest BCUT2D eigenvalue weighted by Crippen LogP contribution is 2.38. The van der Waals surface area contributed by atoms with Crippen molar-refractivity contribution < 1.29 is 17.6 Å². The first-order chi connectivity index (χ1) is 8.38. The van der Waals surface area contributed by atoms with E-state index in [1.807, 2.05) is 6.07 Å². The minimum atomic E-state index is -4.40. The van der Waals surface area contributed by atoms with Crippen LogP contribution in [0.3, 0.4) is 0 Å². The zero-order valence-corrected chi connectivity index (χ0v) is 9.31. The van der Waals surface area contributed by atoms with Gasteiger partial charge in [0.1, 0.15) is 11.4 Å². The molecule has 0 spiro atoms. The normalized spacial score (nSPS) is 22.6. The Labute approximate surface area is 101 Å². The Morgan fingerprint density at radius 3 is 2.72 bits per heavy atom. The Hall–Kier alpha value is -1.61. The van der Waals surface area contributed by atoms with Gasteiger partial charge in [0, 0.05) is 0 Å². The van der Waals surface area contributed by atoms with E-state index >= 15 is 0 Å². The molecule has 0 heterocycles. The second kappa shape index (κ2) is 4.25. The van der Waals surface area contributed by atoms with Gasteiger partial charge in [0.15, 0.2) is 0 Å². The van der Waals surface area contributed by atoms with Crippen molar-refractivity contribution in [3.8, 4) is 6.07 Å². The van der Waals surface area contributed by atoms with Crippen molar-refractivity contribution in [3.63, 3.8) is 0 Å². The summed E-state index contributed by atoms with van der Waals surface area (Å²) >= 11 is 0. The van der Waals surface area contributed by atoms with Crippen molar-refractivity contribution in [2.24, 2.45) is 0 Å². The number of alkyl halides is 3. The second-order valence-corrected chi connectivity index (χ2v) is 4.25. The molecule has 0 fully saturated rings. The van der Waals surface area contributed by atoms with E-state index in [0.717, 1.165) is 0 Å². The Morgan fingerprint density at radius 1 is 1.39 bits per heavy atom. The lowest BCUT2D eigenvalue weighted by Gasteiger charge is -2.24. The molecule has 1 N–H and O–H groups in total. The smallest absolute Gasteiger partial charge is 0.287 e. The fourth-order valence-electron chi connectivity index (χ4n) is 2.25. The van der Waals surface area contributed by atoms with Crippen LogP contribution in [0.2, 0.25) is 0 Å². The number of halogens is 4. The Kier molecular flexibility index (Phi) is 3.03. The highest BCUT2D eigenvalue weighted by Gasteiger charge is 2.42. The fraction of sp³-hybridized carbons (Fsp3) is 0.417. The molecule has 1 atom stereocenters. The summed E-state index contributed by atoms with van der Waals surface area (Å²) < 4.78 is 50.2. The van der Waals surface area contributed by atoms with Crippen LogP contribution in [-0.2, 0) is 12.0 Å². The summed E-state index contributed by atoms with van der Waals surface area (Å²) in [5, 5.41) is 11.4. The summed E-state index contributed by atoms with van der Waals surface area (Å²) in [6.45, 7) is -1.27. The average molecular weight is 258 g/mol. The third-order valence-electron chi connectivity index (χ3n) is 3.11. The van der Waals surface area contributed by atoms with Gasteiger partial charge in [-0.1, -0.05) is 12.1 Å². The van der Waals surface area contributed by atoms with Crippen molar-refractivity contribution in [1.82, 2.24) is 5.32 Å². The van der Waals surface area contributed by atoms with Crippen molar-refractivity contribution in [1.29, 1.82) is 5.26 Å². The topological polar surface area (TPSA) is 35.8 Å². The second-order valence-electron chi connectivity index (χ2n) is 4.25. The SMILES string of the molecule is N#CC1(NCC(F)(F)F)CCc2c(F)cccc21. The van der Waals surface area contributed by atoms with E-state index < -0.39 is 24.1 Å². The summed E-state index contributed by atoms with van der Waals surface area (Å²) in [7, 11) is 0. The molecule has 2 rings (SSSR count). The lowest BCUT2D eigenvalue weighted by molar-refractivity contribution is -0.127. The van der Waals surface area contributed by atoms with Crippen LogP contribution in [0.15, 0.2) is 18.2 Å². The van der Waals surface area contributed by atoms with Crippen LogP contribution in [0.4, 0.5) is 17.6 Å². The lowest BCUT2D eigenvalue weighted by Crippen LogP contribution is -2.44. The highest BCUT2D eigenvalue weighted by molar-refractivity contribution is 5.44. The van der Waals surface area contributed by atoms with Crippen LogP contribution in [0, 0.1) is 17.1 Å². The van der Waals surface area contributed by atoms with Gasteiger partial charge < -0.3 is 0 Å². The number of rotatable bonds is 2. The molecule has 0 radical (unpaired) electrons. The predicted molar refractivity (Wildman–Crippen MR) is 56.1 cm³/mol. The van der Waals surface area contributed by atoms with Crippen molar-refractivity contribution in [2.45, 2.75) is 24.6 Å². The Balaban J connectivity index is 2.33. The van der Waals surface area contributed by atoms with E-state index in [9.17, 15) is 17.6 Å². The van der Waals surface area contributed by atoms with Gasteiger partial charge in [0.05, 0.1) is 12.6 Å². The van der Waals surface area contributed by atoms with Crippen LogP contribution in [0.25, 0.3) is 0 Å². The third-order valence-corrected chi connectivity index (χ3v) is 3.11. The fourth-order valence-corrected chi connectivity index (χ4v) is 2.25. The number of nitrogens with one attached hydrogen (secondary N) is 1. The largest absolute Gasteiger partial charge is 0.401 e. The van der Waals surface area contributed by atoms with Gasteiger partial charge in [0.25, 0.3) is 0 Å².